The number of anilines is 1. The molecule has 4 aromatic rings. The Hall–Kier alpha value is -3.97. The van der Waals surface area contributed by atoms with Crippen LogP contribution in [0.3, 0.4) is 0 Å². The molecule has 1 N–H and O–H groups in total. The average Bonchev–Trinajstić information content (AvgIpc) is 3.32. The summed E-state index contributed by atoms with van der Waals surface area (Å²) in [6.45, 7) is -0.000609. The van der Waals surface area contributed by atoms with Crippen LogP contribution in [0, 0.1) is 0 Å². The summed E-state index contributed by atoms with van der Waals surface area (Å²) in [5, 5.41) is 3.30. The summed E-state index contributed by atoms with van der Waals surface area (Å²) in [6, 6.07) is 19.0. The first-order chi connectivity index (χ1) is 15.5. The molecule has 1 aliphatic heterocycles. The number of carbonyl (C=O) groups excluding carboxylic acids is 3. The lowest BCUT2D eigenvalue weighted by Gasteiger charge is -2.13. The van der Waals surface area contributed by atoms with Crippen LogP contribution in [0.25, 0.3) is 22.6 Å². The molecule has 158 valence electrons. The van der Waals surface area contributed by atoms with Gasteiger partial charge in [0.15, 0.2) is 5.58 Å². The maximum atomic E-state index is 12.4. The van der Waals surface area contributed by atoms with Gasteiger partial charge in [-0.2, -0.15) is 0 Å². The Morgan fingerprint density at radius 1 is 0.938 bits per heavy atom. The van der Waals surface area contributed by atoms with Crippen molar-refractivity contribution < 1.29 is 18.8 Å². The fourth-order valence-corrected chi connectivity index (χ4v) is 3.85. The molecule has 0 spiro atoms. The minimum absolute atomic E-state index is 0.000609. The number of hydrogen-bond donors (Lipinski definition) is 1. The van der Waals surface area contributed by atoms with E-state index in [0.717, 1.165) is 4.90 Å². The third-order valence-corrected chi connectivity index (χ3v) is 5.55. The highest BCUT2D eigenvalue weighted by atomic mass is 35.5. The summed E-state index contributed by atoms with van der Waals surface area (Å²) < 4.78 is 5.82. The number of imide groups is 1. The SMILES string of the molecule is O=C(CCN1C(=O)c2ccccc2C1=O)Nc1ccc2nc(-c3ccccc3Cl)oc2c1. The van der Waals surface area contributed by atoms with Crippen molar-refractivity contribution in [3.05, 3.63) is 82.9 Å². The van der Waals surface area contributed by atoms with Crippen LogP contribution in [-0.2, 0) is 4.79 Å². The molecular formula is C24H16ClN3O4. The van der Waals surface area contributed by atoms with Gasteiger partial charge in [0.2, 0.25) is 11.8 Å². The summed E-state index contributed by atoms with van der Waals surface area (Å²) >= 11 is 6.22. The fourth-order valence-electron chi connectivity index (χ4n) is 3.63. The maximum absolute atomic E-state index is 12.4. The second-order valence-corrected chi connectivity index (χ2v) is 7.69. The number of amides is 3. The van der Waals surface area contributed by atoms with Crippen molar-refractivity contribution in [2.24, 2.45) is 0 Å². The van der Waals surface area contributed by atoms with Crippen molar-refractivity contribution in [2.75, 3.05) is 11.9 Å². The number of aromatic nitrogens is 1. The van der Waals surface area contributed by atoms with E-state index in [1.807, 2.05) is 18.2 Å². The number of nitrogens with one attached hydrogen (secondary N) is 1. The molecule has 1 aromatic heterocycles. The molecule has 0 saturated carbocycles. The van der Waals surface area contributed by atoms with E-state index in [9.17, 15) is 14.4 Å². The van der Waals surface area contributed by atoms with Gasteiger partial charge >= 0.3 is 0 Å². The van der Waals surface area contributed by atoms with Crippen molar-refractivity contribution in [3.63, 3.8) is 0 Å². The zero-order valence-electron chi connectivity index (χ0n) is 16.7. The smallest absolute Gasteiger partial charge is 0.261 e. The van der Waals surface area contributed by atoms with Gasteiger partial charge in [-0.1, -0.05) is 35.9 Å². The molecule has 7 nitrogen and oxygen atoms in total. The highest BCUT2D eigenvalue weighted by Gasteiger charge is 2.34. The zero-order chi connectivity index (χ0) is 22.2. The molecule has 2 heterocycles. The summed E-state index contributed by atoms with van der Waals surface area (Å²) in [5.74, 6) is -0.700. The predicted octanol–water partition coefficient (Wildman–Crippen LogP) is 4.77. The summed E-state index contributed by atoms with van der Waals surface area (Å²) in [5.41, 5.74) is 3.05. The number of carbonyl (C=O) groups is 3. The number of oxazole rings is 1. The quantitative estimate of drug-likeness (QED) is 0.446. The van der Waals surface area contributed by atoms with Gasteiger partial charge in [0.05, 0.1) is 21.7 Å². The van der Waals surface area contributed by atoms with Gasteiger partial charge in [0.1, 0.15) is 5.52 Å². The zero-order valence-corrected chi connectivity index (χ0v) is 17.4. The van der Waals surface area contributed by atoms with Gasteiger partial charge < -0.3 is 9.73 Å². The molecule has 0 fully saturated rings. The minimum atomic E-state index is -0.381. The second-order valence-electron chi connectivity index (χ2n) is 7.29. The number of fused-ring (bicyclic) bond motifs is 2. The predicted molar refractivity (Wildman–Crippen MR) is 120 cm³/mol. The first-order valence-electron chi connectivity index (χ1n) is 9.92. The first kappa shape index (κ1) is 20.0. The standard InChI is InChI=1S/C24H16ClN3O4/c25-18-8-4-3-7-17(18)22-27-19-10-9-14(13-20(19)32-22)26-21(29)11-12-28-23(30)15-5-1-2-6-16(15)24(28)31/h1-10,13H,11-12H2,(H,26,29). The van der Waals surface area contributed by atoms with Crippen molar-refractivity contribution >= 4 is 46.1 Å². The van der Waals surface area contributed by atoms with Crippen LogP contribution in [0.1, 0.15) is 27.1 Å². The minimum Gasteiger partial charge on any atom is -0.436 e. The normalized spacial score (nSPS) is 13.0. The van der Waals surface area contributed by atoms with Gasteiger partial charge in [-0.15, -0.1) is 0 Å². The number of nitrogens with zero attached hydrogens (tertiary/aromatic N) is 2. The Kier molecular flexibility index (Phi) is 4.95. The Morgan fingerprint density at radius 3 is 2.28 bits per heavy atom. The van der Waals surface area contributed by atoms with E-state index in [-0.39, 0.29) is 30.7 Å². The number of hydrogen-bond acceptors (Lipinski definition) is 5. The molecule has 0 atom stereocenters. The van der Waals surface area contributed by atoms with E-state index in [0.29, 0.717) is 44.4 Å². The molecule has 0 unspecified atom stereocenters. The highest BCUT2D eigenvalue weighted by molar-refractivity contribution is 6.33. The Labute approximate surface area is 187 Å². The molecule has 3 aromatic carbocycles. The molecule has 0 bridgehead atoms. The molecule has 0 saturated heterocycles. The lowest BCUT2D eigenvalue weighted by atomic mass is 10.1. The lowest BCUT2D eigenvalue weighted by Crippen LogP contribution is -2.32. The van der Waals surface area contributed by atoms with E-state index in [4.69, 9.17) is 16.0 Å². The average molecular weight is 446 g/mol. The van der Waals surface area contributed by atoms with E-state index in [1.54, 1.807) is 48.5 Å². The Morgan fingerprint density at radius 2 is 1.59 bits per heavy atom. The molecule has 5 rings (SSSR count). The summed E-state index contributed by atoms with van der Waals surface area (Å²) in [6.07, 6.45) is -0.0230. The number of halogens is 1. The van der Waals surface area contributed by atoms with Gasteiger partial charge in [-0.25, -0.2) is 4.98 Å². The number of benzene rings is 3. The maximum Gasteiger partial charge on any atom is 0.261 e. The lowest BCUT2D eigenvalue weighted by molar-refractivity contribution is -0.116. The highest BCUT2D eigenvalue weighted by Crippen LogP contribution is 2.31. The topological polar surface area (TPSA) is 92.5 Å². The van der Waals surface area contributed by atoms with Gasteiger partial charge in [-0.3, -0.25) is 19.3 Å². The van der Waals surface area contributed by atoms with E-state index >= 15 is 0 Å². The molecule has 0 aliphatic carbocycles. The summed E-state index contributed by atoms with van der Waals surface area (Å²) in [4.78, 5) is 42.8. The van der Waals surface area contributed by atoms with Crippen molar-refractivity contribution in [2.45, 2.75) is 6.42 Å². The molecule has 0 radical (unpaired) electrons. The molecule has 1 aliphatic rings. The molecular weight excluding hydrogens is 430 g/mol. The third-order valence-electron chi connectivity index (χ3n) is 5.22. The van der Waals surface area contributed by atoms with Crippen molar-refractivity contribution in [1.29, 1.82) is 0 Å². The fraction of sp³-hybridized carbons (Fsp3) is 0.0833. The van der Waals surface area contributed by atoms with Gasteiger partial charge in [0, 0.05) is 24.7 Å². The summed E-state index contributed by atoms with van der Waals surface area (Å²) in [7, 11) is 0. The van der Waals surface area contributed by atoms with E-state index < -0.39 is 0 Å². The molecule has 32 heavy (non-hydrogen) atoms. The molecule has 8 heteroatoms. The monoisotopic (exact) mass is 445 g/mol. The van der Waals surface area contributed by atoms with E-state index in [2.05, 4.69) is 10.3 Å². The number of rotatable bonds is 5. The van der Waals surface area contributed by atoms with Gasteiger partial charge in [0.25, 0.3) is 11.8 Å². The van der Waals surface area contributed by atoms with Crippen molar-refractivity contribution in [3.8, 4) is 11.5 Å². The Balaban J connectivity index is 1.27. The van der Waals surface area contributed by atoms with Crippen LogP contribution in [0.5, 0.6) is 0 Å². The van der Waals surface area contributed by atoms with Crippen LogP contribution in [-0.4, -0.2) is 34.2 Å². The second kappa shape index (κ2) is 7.94. The Bertz CT molecular complexity index is 1360. The third kappa shape index (κ3) is 3.52. The van der Waals surface area contributed by atoms with E-state index in [1.165, 1.54) is 0 Å². The van der Waals surface area contributed by atoms with Crippen LogP contribution in [0.15, 0.2) is 71.1 Å². The van der Waals surface area contributed by atoms with Crippen LogP contribution >= 0.6 is 11.6 Å². The van der Waals surface area contributed by atoms with Crippen LogP contribution in [0.2, 0.25) is 5.02 Å². The van der Waals surface area contributed by atoms with Crippen molar-refractivity contribution in [1.82, 2.24) is 9.88 Å². The largest absolute Gasteiger partial charge is 0.436 e. The first-order valence-corrected chi connectivity index (χ1v) is 10.3. The van der Waals surface area contributed by atoms with Crippen LogP contribution < -0.4 is 5.32 Å². The van der Waals surface area contributed by atoms with Gasteiger partial charge in [-0.05, 0) is 36.4 Å². The van der Waals surface area contributed by atoms with Crippen LogP contribution in [0.4, 0.5) is 5.69 Å². The molecule has 3 amide bonds.